The summed E-state index contributed by atoms with van der Waals surface area (Å²) in [5, 5.41) is 4.24. The molecule has 0 aromatic heterocycles. The molecule has 0 saturated carbocycles. The van der Waals surface area contributed by atoms with E-state index in [1.807, 2.05) is 13.0 Å². The summed E-state index contributed by atoms with van der Waals surface area (Å²) in [4.78, 5) is 0. The van der Waals surface area contributed by atoms with Crippen molar-refractivity contribution in [3.63, 3.8) is 0 Å². The SMILES string of the molecule is CCNCc1cc(Cl)ccc1OCc1ccc(Cl)cc1F. The van der Waals surface area contributed by atoms with Gasteiger partial charge >= 0.3 is 0 Å². The largest absolute Gasteiger partial charge is 0.488 e. The summed E-state index contributed by atoms with van der Waals surface area (Å²) in [6.07, 6.45) is 0. The first-order valence-electron chi connectivity index (χ1n) is 6.66. The van der Waals surface area contributed by atoms with E-state index in [0.29, 0.717) is 27.9 Å². The van der Waals surface area contributed by atoms with Crippen molar-refractivity contribution >= 4 is 23.2 Å². The first-order chi connectivity index (χ1) is 10.1. The molecule has 1 N–H and O–H groups in total. The van der Waals surface area contributed by atoms with Gasteiger partial charge in [0.25, 0.3) is 0 Å². The van der Waals surface area contributed by atoms with Gasteiger partial charge < -0.3 is 10.1 Å². The van der Waals surface area contributed by atoms with Crippen molar-refractivity contribution in [3.8, 4) is 5.75 Å². The fraction of sp³-hybridized carbons (Fsp3) is 0.250. The van der Waals surface area contributed by atoms with Gasteiger partial charge in [-0.05, 0) is 36.9 Å². The second kappa shape index (κ2) is 7.64. The van der Waals surface area contributed by atoms with Crippen LogP contribution in [-0.2, 0) is 13.2 Å². The molecule has 2 nitrogen and oxygen atoms in total. The number of halogens is 3. The van der Waals surface area contributed by atoms with Gasteiger partial charge in [0.05, 0.1) is 0 Å². The van der Waals surface area contributed by atoms with Gasteiger partial charge in [-0.15, -0.1) is 0 Å². The summed E-state index contributed by atoms with van der Waals surface area (Å²) in [6, 6.07) is 9.94. The summed E-state index contributed by atoms with van der Waals surface area (Å²) in [7, 11) is 0. The number of rotatable bonds is 6. The standard InChI is InChI=1S/C16H16Cl2FNO/c1-2-20-9-12-7-13(17)5-6-16(12)21-10-11-3-4-14(18)8-15(11)19/h3-8,20H,2,9-10H2,1H3. The van der Waals surface area contributed by atoms with Gasteiger partial charge in [-0.25, -0.2) is 4.39 Å². The molecule has 0 saturated heterocycles. The van der Waals surface area contributed by atoms with Crippen LogP contribution in [0.25, 0.3) is 0 Å². The molecular formula is C16H16Cl2FNO. The lowest BCUT2D eigenvalue weighted by molar-refractivity contribution is 0.296. The minimum atomic E-state index is -0.371. The predicted molar refractivity (Wildman–Crippen MR) is 84.6 cm³/mol. The summed E-state index contributed by atoms with van der Waals surface area (Å²) >= 11 is 11.7. The van der Waals surface area contributed by atoms with Crippen molar-refractivity contribution in [3.05, 3.63) is 63.4 Å². The Morgan fingerprint density at radius 3 is 2.48 bits per heavy atom. The highest BCUT2D eigenvalue weighted by Crippen LogP contribution is 2.24. The van der Waals surface area contributed by atoms with E-state index in [1.54, 1.807) is 24.3 Å². The number of hydrogen-bond donors (Lipinski definition) is 1. The Bertz CT molecular complexity index is 619. The Balaban J connectivity index is 2.11. The van der Waals surface area contributed by atoms with Crippen LogP contribution in [0.4, 0.5) is 4.39 Å². The topological polar surface area (TPSA) is 21.3 Å². The van der Waals surface area contributed by atoms with Crippen LogP contribution in [0.3, 0.4) is 0 Å². The minimum Gasteiger partial charge on any atom is -0.488 e. The van der Waals surface area contributed by atoms with E-state index in [9.17, 15) is 4.39 Å². The average molecular weight is 328 g/mol. The quantitative estimate of drug-likeness (QED) is 0.821. The van der Waals surface area contributed by atoms with E-state index >= 15 is 0 Å². The van der Waals surface area contributed by atoms with Gasteiger partial charge in [-0.2, -0.15) is 0 Å². The fourth-order valence-electron chi connectivity index (χ4n) is 1.88. The number of ether oxygens (including phenoxy) is 1. The fourth-order valence-corrected chi connectivity index (χ4v) is 2.23. The van der Waals surface area contributed by atoms with E-state index < -0.39 is 0 Å². The molecule has 0 bridgehead atoms. The third-order valence-electron chi connectivity index (χ3n) is 2.99. The maximum Gasteiger partial charge on any atom is 0.131 e. The molecule has 0 unspecified atom stereocenters. The van der Waals surface area contributed by atoms with E-state index in [1.165, 1.54) is 6.07 Å². The van der Waals surface area contributed by atoms with Crippen molar-refractivity contribution in [1.29, 1.82) is 0 Å². The van der Waals surface area contributed by atoms with Crippen LogP contribution in [0, 0.1) is 5.82 Å². The van der Waals surface area contributed by atoms with Gasteiger partial charge in [-0.3, -0.25) is 0 Å². The molecule has 0 radical (unpaired) electrons. The maximum atomic E-state index is 13.7. The van der Waals surface area contributed by atoms with Crippen LogP contribution in [0.15, 0.2) is 36.4 Å². The van der Waals surface area contributed by atoms with E-state index in [2.05, 4.69) is 5.32 Å². The molecule has 2 aromatic carbocycles. The molecule has 2 aromatic rings. The molecular weight excluding hydrogens is 312 g/mol. The van der Waals surface area contributed by atoms with Crippen molar-refractivity contribution in [2.75, 3.05) is 6.54 Å². The van der Waals surface area contributed by atoms with E-state index in [4.69, 9.17) is 27.9 Å². The number of benzene rings is 2. The lowest BCUT2D eigenvalue weighted by Crippen LogP contribution is -2.13. The van der Waals surface area contributed by atoms with Crippen LogP contribution < -0.4 is 10.1 Å². The summed E-state index contributed by atoms with van der Waals surface area (Å²) in [6.45, 7) is 3.66. The molecule has 112 valence electrons. The average Bonchev–Trinajstić information content (AvgIpc) is 2.45. The second-order valence-electron chi connectivity index (χ2n) is 4.56. The van der Waals surface area contributed by atoms with Crippen LogP contribution in [0.2, 0.25) is 10.0 Å². The highest BCUT2D eigenvalue weighted by atomic mass is 35.5. The highest BCUT2D eigenvalue weighted by Gasteiger charge is 2.08. The van der Waals surface area contributed by atoms with Gasteiger partial charge in [0.1, 0.15) is 18.2 Å². The molecule has 0 amide bonds. The molecule has 5 heteroatoms. The smallest absolute Gasteiger partial charge is 0.131 e. The zero-order valence-corrected chi connectivity index (χ0v) is 13.1. The van der Waals surface area contributed by atoms with Crippen molar-refractivity contribution in [2.24, 2.45) is 0 Å². The van der Waals surface area contributed by atoms with Gasteiger partial charge in [0.15, 0.2) is 0 Å². The van der Waals surface area contributed by atoms with E-state index in [0.717, 1.165) is 12.1 Å². The first kappa shape index (κ1) is 16.1. The Kier molecular flexibility index (Phi) is 5.85. The zero-order valence-electron chi connectivity index (χ0n) is 11.6. The monoisotopic (exact) mass is 327 g/mol. The maximum absolute atomic E-state index is 13.7. The zero-order chi connectivity index (χ0) is 15.2. The molecule has 0 atom stereocenters. The van der Waals surface area contributed by atoms with E-state index in [-0.39, 0.29) is 12.4 Å². The molecule has 21 heavy (non-hydrogen) atoms. The molecule has 0 heterocycles. The van der Waals surface area contributed by atoms with Gasteiger partial charge in [-0.1, -0.05) is 36.2 Å². The van der Waals surface area contributed by atoms with Crippen molar-refractivity contribution in [2.45, 2.75) is 20.1 Å². The molecule has 0 aliphatic carbocycles. The minimum absolute atomic E-state index is 0.143. The molecule has 0 aliphatic rings. The van der Waals surface area contributed by atoms with Crippen LogP contribution in [0.5, 0.6) is 5.75 Å². The number of hydrogen-bond acceptors (Lipinski definition) is 2. The van der Waals surface area contributed by atoms with Crippen LogP contribution in [-0.4, -0.2) is 6.54 Å². The molecule has 0 spiro atoms. The van der Waals surface area contributed by atoms with Crippen molar-refractivity contribution < 1.29 is 9.13 Å². The lowest BCUT2D eigenvalue weighted by Gasteiger charge is -2.13. The summed E-state index contributed by atoms with van der Waals surface area (Å²) < 4.78 is 19.4. The molecule has 0 fully saturated rings. The van der Waals surface area contributed by atoms with Gasteiger partial charge in [0, 0.05) is 27.7 Å². The van der Waals surface area contributed by atoms with Crippen molar-refractivity contribution in [1.82, 2.24) is 5.32 Å². The molecule has 2 rings (SSSR count). The van der Waals surface area contributed by atoms with Gasteiger partial charge in [0.2, 0.25) is 0 Å². The summed E-state index contributed by atoms with van der Waals surface area (Å²) in [5.41, 5.74) is 1.41. The third-order valence-corrected chi connectivity index (χ3v) is 3.46. The Hall–Kier alpha value is -1.29. The first-order valence-corrected chi connectivity index (χ1v) is 7.41. The normalized spacial score (nSPS) is 10.7. The molecule has 0 aliphatic heterocycles. The van der Waals surface area contributed by atoms with Crippen LogP contribution >= 0.6 is 23.2 Å². The lowest BCUT2D eigenvalue weighted by atomic mass is 10.2. The Morgan fingerprint density at radius 2 is 1.76 bits per heavy atom. The highest BCUT2D eigenvalue weighted by molar-refractivity contribution is 6.30. The second-order valence-corrected chi connectivity index (χ2v) is 5.43. The Morgan fingerprint density at radius 1 is 1.05 bits per heavy atom. The Labute approximate surface area is 133 Å². The van der Waals surface area contributed by atoms with Crippen LogP contribution in [0.1, 0.15) is 18.1 Å². The third kappa shape index (κ3) is 4.60. The number of nitrogens with one attached hydrogen (secondary N) is 1. The predicted octanol–water partition coefficient (Wildman–Crippen LogP) is 4.82. The summed E-state index contributed by atoms with van der Waals surface area (Å²) in [5.74, 6) is 0.319.